The number of nitrogens with zero attached hydrogens (tertiary/aromatic N) is 2. The molecule has 0 saturated carbocycles. The second-order valence-corrected chi connectivity index (χ2v) is 4.27. The second-order valence-electron chi connectivity index (χ2n) is 4.27. The van der Waals surface area contributed by atoms with Gasteiger partial charge in [0.15, 0.2) is 0 Å². The summed E-state index contributed by atoms with van der Waals surface area (Å²) in [6.07, 6.45) is 0. The second kappa shape index (κ2) is 6.18. The number of carbonyl (C=O) groups is 1. The number of likely N-dealkylation sites (N-methyl/N-ethyl adjacent to an activating group) is 1. The Balaban J connectivity index is 2.82. The topological polar surface area (TPSA) is 53.3 Å². The van der Waals surface area contributed by atoms with Gasteiger partial charge in [0, 0.05) is 6.04 Å². The first-order valence-corrected chi connectivity index (χ1v) is 5.81. The van der Waals surface area contributed by atoms with Crippen LogP contribution in [0, 0.1) is 11.3 Å². The maximum absolute atomic E-state index is 11.5. The van der Waals surface area contributed by atoms with E-state index in [1.54, 1.807) is 12.1 Å². The fourth-order valence-electron chi connectivity index (χ4n) is 1.74. The number of nitriles is 1. The van der Waals surface area contributed by atoms with E-state index in [0.717, 1.165) is 5.56 Å². The number of methoxy groups -OCH3 is 1. The first-order chi connectivity index (χ1) is 8.51. The van der Waals surface area contributed by atoms with Crippen LogP contribution in [0.15, 0.2) is 24.3 Å². The first-order valence-electron chi connectivity index (χ1n) is 5.81. The molecule has 1 aromatic rings. The predicted octanol–water partition coefficient (Wildman–Crippen LogP) is 2.11. The molecule has 2 atom stereocenters. The summed E-state index contributed by atoms with van der Waals surface area (Å²) in [4.78, 5) is 13.4. The minimum Gasteiger partial charge on any atom is -0.468 e. The third-order valence-electron chi connectivity index (χ3n) is 3.29. The van der Waals surface area contributed by atoms with Crippen LogP contribution in [0.3, 0.4) is 0 Å². The van der Waals surface area contributed by atoms with Crippen molar-refractivity contribution < 1.29 is 9.53 Å². The molecule has 4 nitrogen and oxygen atoms in total. The Kier molecular flexibility index (Phi) is 4.87. The van der Waals surface area contributed by atoms with Gasteiger partial charge >= 0.3 is 5.97 Å². The molecule has 0 aromatic heterocycles. The summed E-state index contributed by atoms with van der Waals surface area (Å²) in [6.45, 7) is 3.83. The van der Waals surface area contributed by atoms with Crippen molar-refractivity contribution in [3.63, 3.8) is 0 Å². The summed E-state index contributed by atoms with van der Waals surface area (Å²) >= 11 is 0. The van der Waals surface area contributed by atoms with E-state index in [4.69, 9.17) is 10.00 Å². The highest BCUT2D eigenvalue weighted by molar-refractivity contribution is 5.75. The van der Waals surface area contributed by atoms with Crippen LogP contribution in [0.4, 0.5) is 0 Å². The summed E-state index contributed by atoms with van der Waals surface area (Å²) in [5.41, 5.74) is 1.70. The maximum atomic E-state index is 11.5. The van der Waals surface area contributed by atoms with Gasteiger partial charge in [-0.05, 0) is 38.6 Å². The van der Waals surface area contributed by atoms with Gasteiger partial charge in [-0.3, -0.25) is 9.69 Å². The number of esters is 1. The summed E-state index contributed by atoms with van der Waals surface area (Å²) in [6, 6.07) is 9.23. The van der Waals surface area contributed by atoms with Gasteiger partial charge in [0.1, 0.15) is 6.04 Å². The molecule has 0 heterocycles. The van der Waals surface area contributed by atoms with Crippen molar-refractivity contribution in [2.75, 3.05) is 14.2 Å². The van der Waals surface area contributed by atoms with Crippen LogP contribution in [-0.2, 0) is 9.53 Å². The molecule has 18 heavy (non-hydrogen) atoms. The van der Waals surface area contributed by atoms with Crippen molar-refractivity contribution in [2.24, 2.45) is 0 Å². The van der Waals surface area contributed by atoms with Crippen LogP contribution in [-0.4, -0.2) is 31.1 Å². The molecule has 2 unspecified atom stereocenters. The Labute approximate surface area is 108 Å². The third-order valence-corrected chi connectivity index (χ3v) is 3.29. The van der Waals surface area contributed by atoms with Gasteiger partial charge in [0.2, 0.25) is 0 Å². The van der Waals surface area contributed by atoms with Crippen molar-refractivity contribution in [2.45, 2.75) is 25.9 Å². The van der Waals surface area contributed by atoms with Crippen LogP contribution >= 0.6 is 0 Å². The van der Waals surface area contributed by atoms with E-state index in [9.17, 15) is 4.79 Å². The monoisotopic (exact) mass is 246 g/mol. The summed E-state index contributed by atoms with van der Waals surface area (Å²) in [7, 11) is 3.27. The van der Waals surface area contributed by atoms with E-state index < -0.39 is 0 Å². The minimum atomic E-state index is -0.305. The van der Waals surface area contributed by atoms with E-state index in [0.29, 0.717) is 5.56 Å². The number of carbonyl (C=O) groups excluding carboxylic acids is 1. The van der Waals surface area contributed by atoms with Crippen molar-refractivity contribution in [1.29, 1.82) is 5.26 Å². The quantitative estimate of drug-likeness (QED) is 0.763. The van der Waals surface area contributed by atoms with E-state index in [1.807, 2.05) is 37.9 Å². The van der Waals surface area contributed by atoms with Gasteiger partial charge in [-0.1, -0.05) is 12.1 Å². The molecule has 0 amide bonds. The molecule has 0 N–H and O–H groups in total. The average Bonchev–Trinajstić information content (AvgIpc) is 2.44. The Morgan fingerprint density at radius 3 is 2.33 bits per heavy atom. The van der Waals surface area contributed by atoms with E-state index in [1.165, 1.54) is 7.11 Å². The molecule has 0 aliphatic carbocycles. The van der Waals surface area contributed by atoms with E-state index in [2.05, 4.69) is 6.07 Å². The molecule has 1 aromatic carbocycles. The van der Waals surface area contributed by atoms with E-state index in [-0.39, 0.29) is 18.1 Å². The summed E-state index contributed by atoms with van der Waals surface area (Å²) < 4.78 is 4.73. The fourth-order valence-corrected chi connectivity index (χ4v) is 1.74. The average molecular weight is 246 g/mol. The van der Waals surface area contributed by atoms with Gasteiger partial charge in [-0.25, -0.2) is 0 Å². The van der Waals surface area contributed by atoms with Gasteiger partial charge < -0.3 is 4.74 Å². The van der Waals surface area contributed by atoms with Crippen molar-refractivity contribution in [1.82, 2.24) is 4.90 Å². The minimum absolute atomic E-state index is 0.0758. The molecule has 4 heteroatoms. The van der Waals surface area contributed by atoms with Crippen LogP contribution in [0.1, 0.15) is 31.0 Å². The zero-order valence-corrected chi connectivity index (χ0v) is 11.2. The highest BCUT2D eigenvalue weighted by atomic mass is 16.5. The molecule has 0 aliphatic heterocycles. The molecule has 0 aliphatic rings. The van der Waals surface area contributed by atoms with Crippen molar-refractivity contribution in [3.05, 3.63) is 35.4 Å². The number of hydrogen-bond acceptors (Lipinski definition) is 4. The molecular formula is C14H18N2O2. The Bertz CT molecular complexity index is 448. The normalized spacial score (nSPS) is 13.8. The van der Waals surface area contributed by atoms with Crippen LogP contribution in [0.5, 0.6) is 0 Å². The molecule has 0 spiro atoms. The molecule has 0 fully saturated rings. The van der Waals surface area contributed by atoms with Gasteiger partial charge in [0.05, 0.1) is 18.7 Å². The lowest BCUT2D eigenvalue weighted by atomic mass is 10.0. The number of benzene rings is 1. The van der Waals surface area contributed by atoms with Gasteiger partial charge in [0.25, 0.3) is 0 Å². The van der Waals surface area contributed by atoms with Crippen LogP contribution in [0.2, 0.25) is 0 Å². The number of rotatable bonds is 4. The Morgan fingerprint density at radius 2 is 1.89 bits per heavy atom. The predicted molar refractivity (Wildman–Crippen MR) is 68.8 cm³/mol. The smallest absolute Gasteiger partial charge is 0.322 e. The molecular weight excluding hydrogens is 228 g/mol. The number of ether oxygens (including phenoxy) is 1. The largest absolute Gasteiger partial charge is 0.468 e. The lowest BCUT2D eigenvalue weighted by Crippen LogP contribution is -2.38. The molecule has 0 saturated heterocycles. The molecule has 96 valence electrons. The SMILES string of the molecule is COC(=O)C(C)N(C)C(C)c1ccc(C#N)cc1. The van der Waals surface area contributed by atoms with E-state index >= 15 is 0 Å². The number of hydrogen-bond donors (Lipinski definition) is 0. The maximum Gasteiger partial charge on any atom is 0.322 e. The zero-order chi connectivity index (χ0) is 13.7. The third kappa shape index (κ3) is 3.08. The van der Waals surface area contributed by atoms with Crippen molar-refractivity contribution >= 4 is 5.97 Å². The highest BCUT2D eigenvalue weighted by Gasteiger charge is 2.23. The Morgan fingerprint density at radius 1 is 1.33 bits per heavy atom. The van der Waals surface area contributed by atoms with Crippen molar-refractivity contribution in [3.8, 4) is 6.07 Å². The standard InChI is InChI=1S/C14H18N2O2/c1-10(16(3)11(2)14(17)18-4)13-7-5-12(9-15)6-8-13/h5-8,10-11H,1-4H3. The lowest BCUT2D eigenvalue weighted by molar-refractivity contribution is -0.146. The summed E-state index contributed by atoms with van der Waals surface area (Å²) in [5.74, 6) is -0.252. The van der Waals surface area contributed by atoms with Gasteiger partial charge in [-0.2, -0.15) is 5.26 Å². The summed E-state index contributed by atoms with van der Waals surface area (Å²) in [5, 5.41) is 8.75. The molecule has 0 bridgehead atoms. The molecule has 1 rings (SSSR count). The molecule has 0 radical (unpaired) electrons. The first kappa shape index (κ1) is 14.2. The van der Waals surface area contributed by atoms with Crippen LogP contribution in [0.25, 0.3) is 0 Å². The lowest BCUT2D eigenvalue weighted by Gasteiger charge is -2.29. The Hall–Kier alpha value is -1.86. The van der Waals surface area contributed by atoms with Gasteiger partial charge in [-0.15, -0.1) is 0 Å². The fraction of sp³-hybridized carbons (Fsp3) is 0.429. The zero-order valence-electron chi connectivity index (χ0n) is 11.2. The van der Waals surface area contributed by atoms with Crippen LogP contribution < -0.4 is 0 Å². The highest BCUT2D eigenvalue weighted by Crippen LogP contribution is 2.21.